The van der Waals surface area contributed by atoms with Gasteiger partial charge in [-0.2, -0.15) is 39.5 Å². The summed E-state index contributed by atoms with van der Waals surface area (Å²) >= 11 is 0. The molecule has 0 aromatic heterocycles. The number of halogens is 9. The summed E-state index contributed by atoms with van der Waals surface area (Å²) in [6.07, 6.45) is -15.0. The molecule has 9 rings (SSSR count). The number of aryl methyl sites for hydroxylation is 3. The molecule has 0 spiro atoms. The summed E-state index contributed by atoms with van der Waals surface area (Å²) in [5.41, 5.74) is -3.36. The summed E-state index contributed by atoms with van der Waals surface area (Å²) in [7, 11) is 0. The van der Waals surface area contributed by atoms with E-state index in [9.17, 15) is 0 Å². The third-order valence-electron chi connectivity index (χ3n) is 11.9. The minimum Gasteiger partial charge on any atom is -0.310 e. The highest BCUT2D eigenvalue weighted by Crippen LogP contribution is 2.52. The SMILES string of the molecule is Cc1cc(-c2cccc3ccccc23)c(C(F)(F)F)cc1N(c1cc(C(F)(F)F)c(-c2cccc3ccccc23)cc1C)c1cc(C(F)(F)F)c(-c2cccc3ccccc23)cc1C. The van der Waals surface area contributed by atoms with Crippen molar-refractivity contribution in [1.29, 1.82) is 0 Å². The van der Waals surface area contributed by atoms with Gasteiger partial charge in [0.25, 0.3) is 0 Å². The number of alkyl halides is 9. The molecule has 64 heavy (non-hydrogen) atoms. The van der Waals surface area contributed by atoms with E-state index in [1.165, 1.54) is 39.0 Å². The van der Waals surface area contributed by atoms with Crippen molar-refractivity contribution in [2.45, 2.75) is 39.3 Å². The van der Waals surface area contributed by atoms with Crippen LogP contribution >= 0.6 is 0 Å². The molecule has 0 amide bonds. The first-order valence-electron chi connectivity index (χ1n) is 20.3. The summed E-state index contributed by atoms with van der Waals surface area (Å²) in [5, 5.41) is 3.63. The number of benzene rings is 9. The van der Waals surface area contributed by atoms with E-state index in [4.69, 9.17) is 0 Å². The van der Waals surface area contributed by atoms with Gasteiger partial charge >= 0.3 is 18.5 Å². The van der Waals surface area contributed by atoms with Gasteiger partial charge < -0.3 is 4.90 Å². The number of rotatable bonds is 6. The van der Waals surface area contributed by atoms with Crippen molar-refractivity contribution < 1.29 is 39.5 Å². The Hall–Kier alpha value is -7.07. The van der Waals surface area contributed by atoms with E-state index < -0.39 is 35.2 Å². The summed E-state index contributed by atoms with van der Waals surface area (Å²) in [6, 6.07) is 42.1. The Morgan fingerprint density at radius 3 is 0.812 bits per heavy atom. The maximum atomic E-state index is 15.5. The monoisotopic (exact) mass is 869 g/mol. The molecular weight excluding hydrogens is 834 g/mol. The highest BCUT2D eigenvalue weighted by molar-refractivity contribution is 6.01. The summed E-state index contributed by atoms with van der Waals surface area (Å²) in [5.74, 6) is 0. The van der Waals surface area contributed by atoms with Crippen LogP contribution < -0.4 is 4.90 Å². The van der Waals surface area contributed by atoms with Crippen LogP contribution in [0.15, 0.2) is 164 Å². The molecule has 320 valence electrons. The number of nitrogens with zero attached hydrogens (tertiary/aromatic N) is 1. The van der Waals surface area contributed by atoms with Crippen LogP contribution in [0.25, 0.3) is 65.7 Å². The first-order chi connectivity index (χ1) is 30.4. The van der Waals surface area contributed by atoms with Crippen LogP contribution in [0.5, 0.6) is 0 Å². The molecule has 0 saturated heterocycles. The molecule has 0 heterocycles. The van der Waals surface area contributed by atoms with Gasteiger partial charge in [-0.15, -0.1) is 0 Å². The van der Waals surface area contributed by atoms with E-state index in [0.29, 0.717) is 32.3 Å². The second-order valence-corrected chi connectivity index (χ2v) is 16.0. The third-order valence-corrected chi connectivity index (χ3v) is 11.9. The molecule has 9 aromatic rings. The van der Waals surface area contributed by atoms with Crippen molar-refractivity contribution in [3.05, 3.63) is 197 Å². The lowest BCUT2D eigenvalue weighted by atomic mass is 9.89. The molecule has 1 nitrogen and oxygen atoms in total. The zero-order chi connectivity index (χ0) is 45.3. The van der Waals surface area contributed by atoms with Crippen LogP contribution in [-0.2, 0) is 18.5 Å². The number of anilines is 3. The van der Waals surface area contributed by atoms with Crippen LogP contribution in [0.4, 0.5) is 56.6 Å². The van der Waals surface area contributed by atoms with E-state index in [1.807, 2.05) is 0 Å². The average Bonchev–Trinajstić information content (AvgIpc) is 3.25. The van der Waals surface area contributed by atoms with Crippen LogP contribution in [0.1, 0.15) is 33.4 Å². The van der Waals surface area contributed by atoms with Crippen molar-refractivity contribution in [2.24, 2.45) is 0 Å². The van der Waals surface area contributed by atoms with Crippen molar-refractivity contribution in [3.8, 4) is 33.4 Å². The third kappa shape index (κ3) is 7.50. The molecule has 0 saturated carbocycles. The van der Waals surface area contributed by atoms with E-state index in [2.05, 4.69) is 0 Å². The Morgan fingerprint density at radius 2 is 0.547 bits per heavy atom. The maximum Gasteiger partial charge on any atom is 0.417 e. The number of fused-ring (bicyclic) bond motifs is 3. The molecule has 0 fully saturated rings. The van der Waals surface area contributed by atoms with Gasteiger partial charge in [0.05, 0.1) is 16.7 Å². The highest BCUT2D eigenvalue weighted by Gasteiger charge is 2.40. The molecule has 9 aromatic carbocycles. The van der Waals surface area contributed by atoms with Crippen LogP contribution in [0.2, 0.25) is 0 Å². The van der Waals surface area contributed by atoms with Crippen LogP contribution in [0.3, 0.4) is 0 Å². The smallest absolute Gasteiger partial charge is 0.310 e. The second-order valence-electron chi connectivity index (χ2n) is 16.0. The molecule has 0 bridgehead atoms. The zero-order valence-electron chi connectivity index (χ0n) is 34.4. The van der Waals surface area contributed by atoms with E-state index in [-0.39, 0.29) is 67.1 Å². The van der Waals surface area contributed by atoms with Crippen molar-refractivity contribution >= 4 is 49.4 Å². The normalized spacial score (nSPS) is 12.4. The van der Waals surface area contributed by atoms with Gasteiger partial charge in [-0.3, -0.25) is 0 Å². The lowest BCUT2D eigenvalue weighted by molar-refractivity contribution is -0.137. The fraction of sp³-hybridized carbons (Fsp3) is 0.111. The molecule has 0 aliphatic rings. The van der Waals surface area contributed by atoms with Crippen LogP contribution in [0, 0.1) is 20.8 Å². The molecule has 10 heteroatoms. The molecule has 0 unspecified atom stereocenters. The van der Waals surface area contributed by atoms with Crippen LogP contribution in [-0.4, -0.2) is 0 Å². The van der Waals surface area contributed by atoms with Gasteiger partial charge in [0, 0.05) is 17.1 Å². The van der Waals surface area contributed by atoms with Crippen molar-refractivity contribution in [2.75, 3.05) is 4.90 Å². The minimum absolute atomic E-state index is 0.174. The van der Waals surface area contributed by atoms with Gasteiger partial charge in [0.1, 0.15) is 0 Å². The van der Waals surface area contributed by atoms with Gasteiger partial charge in [-0.1, -0.05) is 127 Å². The van der Waals surface area contributed by atoms with E-state index in [1.54, 1.807) is 127 Å². The lowest BCUT2D eigenvalue weighted by Gasteiger charge is -2.33. The maximum absolute atomic E-state index is 15.5. The zero-order valence-corrected chi connectivity index (χ0v) is 34.4. The lowest BCUT2D eigenvalue weighted by Crippen LogP contribution is -2.19. The molecular formula is C54H36F9N. The summed E-state index contributed by atoms with van der Waals surface area (Å²) in [6.45, 7) is 4.52. The minimum atomic E-state index is -5.00. The summed E-state index contributed by atoms with van der Waals surface area (Å²) < 4.78 is 140. The molecule has 0 radical (unpaired) electrons. The Kier molecular flexibility index (Phi) is 10.3. The molecule has 0 N–H and O–H groups in total. The Balaban J connectivity index is 1.37. The molecule has 0 aliphatic heterocycles. The predicted octanol–water partition coefficient (Wildman–Crippen LogP) is 17.6. The standard InChI is InChI=1S/C54H36F9N/c1-31-25-43(40-22-10-16-34-13-4-7-19-37(34)40)46(52(55,56)57)28-49(31)64(50-29-47(53(58,59)60)44(26-32(50)2)41-23-11-17-35-14-5-8-20-38(35)41)51-30-48(54(61,62)63)45(27-33(51)3)42-24-12-18-36-15-6-9-21-39(36)42/h4-30H,1-3H3. The Bertz CT molecular complexity index is 2920. The highest BCUT2D eigenvalue weighted by atomic mass is 19.4. The first kappa shape index (κ1) is 42.2. The molecule has 0 atom stereocenters. The largest absolute Gasteiger partial charge is 0.417 e. The van der Waals surface area contributed by atoms with Gasteiger partial charge in [0.2, 0.25) is 0 Å². The average molecular weight is 870 g/mol. The van der Waals surface area contributed by atoms with Gasteiger partial charge in [-0.25, -0.2) is 0 Å². The van der Waals surface area contributed by atoms with E-state index >= 15 is 39.5 Å². The van der Waals surface area contributed by atoms with Crippen molar-refractivity contribution in [3.63, 3.8) is 0 Å². The quantitative estimate of drug-likeness (QED) is 0.151. The number of hydrogen-bond donors (Lipinski definition) is 0. The fourth-order valence-electron chi connectivity index (χ4n) is 8.95. The van der Waals surface area contributed by atoms with Crippen molar-refractivity contribution in [1.82, 2.24) is 0 Å². The first-order valence-corrected chi connectivity index (χ1v) is 20.3. The predicted molar refractivity (Wildman–Crippen MR) is 239 cm³/mol. The summed E-state index contributed by atoms with van der Waals surface area (Å²) in [4.78, 5) is 1.12. The van der Waals surface area contributed by atoms with Gasteiger partial charge in [0.15, 0.2) is 0 Å². The Labute approximate surface area is 362 Å². The molecule has 0 aliphatic carbocycles. The van der Waals surface area contributed by atoms with Gasteiger partial charge in [-0.05, 0) is 140 Å². The Morgan fingerprint density at radius 1 is 0.297 bits per heavy atom. The fourth-order valence-corrected chi connectivity index (χ4v) is 8.95. The van der Waals surface area contributed by atoms with E-state index in [0.717, 1.165) is 23.1 Å². The number of hydrogen-bond acceptors (Lipinski definition) is 1. The second kappa shape index (κ2) is 15.6. The topological polar surface area (TPSA) is 3.24 Å².